The van der Waals surface area contributed by atoms with Gasteiger partial charge in [-0.2, -0.15) is 0 Å². The van der Waals surface area contributed by atoms with Crippen molar-refractivity contribution in [2.45, 2.75) is 13.5 Å². The minimum absolute atomic E-state index is 0.0491. The van der Waals surface area contributed by atoms with E-state index in [2.05, 4.69) is 21.2 Å². The van der Waals surface area contributed by atoms with Gasteiger partial charge in [-0.05, 0) is 46.6 Å². The summed E-state index contributed by atoms with van der Waals surface area (Å²) in [7, 11) is 0. The average Bonchev–Trinajstić information content (AvgIpc) is 2.38. The van der Waals surface area contributed by atoms with Gasteiger partial charge < -0.3 is 15.6 Å². The molecule has 104 valence electrons. The summed E-state index contributed by atoms with van der Waals surface area (Å²) in [6.07, 6.45) is 1.58. The van der Waals surface area contributed by atoms with Crippen molar-refractivity contribution in [1.82, 2.24) is 4.57 Å². The summed E-state index contributed by atoms with van der Waals surface area (Å²) in [6.45, 7) is 1.83. The van der Waals surface area contributed by atoms with Gasteiger partial charge in [-0.15, -0.1) is 0 Å². The zero-order chi connectivity index (χ0) is 14.7. The van der Waals surface area contributed by atoms with Crippen molar-refractivity contribution in [2.24, 2.45) is 0 Å². The van der Waals surface area contributed by atoms with Gasteiger partial charge in [0.1, 0.15) is 6.54 Å². The number of nitrogens with zero attached hydrogens (tertiary/aromatic N) is 1. The number of anilines is 2. The first-order chi connectivity index (χ1) is 9.45. The summed E-state index contributed by atoms with van der Waals surface area (Å²) in [5.74, 6) is -0.279. The Morgan fingerprint density at radius 3 is 2.85 bits per heavy atom. The lowest BCUT2D eigenvalue weighted by molar-refractivity contribution is -0.116. The van der Waals surface area contributed by atoms with Crippen LogP contribution < -0.4 is 16.6 Å². The quantitative estimate of drug-likeness (QED) is 0.843. The van der Waals surface area contributed by atoms with Crippen molar-refractivity contribution in [2.75, 3.05) is 11.1 Å². The van der Waals surface area contributed by atoms with Crippen LogP contribution in [0.25, 0.3) is 0 Å². The van der Waals surface area contributed by atoms with Crippen molar-refractivity contribution in [3.8, 4) is 0 Å². The van der Waals surface area contributed by atoms with Crippen LogP contribution in [0.15, 0.2) is 45.8 Å². The number of aromatic nitrogens is 1. The molecule has 0 aliphatic rings. The number of nitrogens with two attached hydrogens (primary N) is 1. The molecule has 0 saturated heterocycles. The van der Waals surface area contributed by atoms with Gasteiger partial charge in [-0.1, -0.05) is 6.07 Å². The van der Waals surface area contributed by atoms with E-state index in [0.29, 0.717) is 11.4 Å². The van der Waals surface area contributed by atoms with Gasteiger partial charge >= 0.3 is 0 Å². The van der Waals surface area contributed by atoms with E-state index in [4.69, 9.17) is 5.73 Å². The molecule has 2 aromatic rings. The molecule has 1 heterocycles. The number of aryl methyl sites for hydroxylation is 1. The highest BCUT2D eigenvalue weighted by Gasteiger charge is 2.07. The van der Waals surface area contributed by atoms with E-state index < -0.39 is 0 Å². The number of hydrogen-bond acceptors (Lipinski definition) is 3. The first kappa shape index (κ1) is 14.3. The summed E-state index contributed by atoms with van der Waals surface area (Å²) in [5.41, 5.74) is 7.59. The lowest BCUT2D eigenvalue weighted by Gasteiger charge is -2.10. The Hall–Kier alpha value is -2.08. The molecule has 0 fully saturated rings. The minimum atomic E-state index is -0.279. The standard InChI is InChI=1S/C14H14BrN3O2/c1-9-2-4-11(16)6-12(9)17-13(19)8-18-7-10(15)3-5-14(18)20/h2-7H,8,16H2,1H3,(H,17,19). The molecular formula is C14H14BrN3O2. The fraction of sp³-hybridized carbons (Fsp3) is 0.143. The summed E-state index contributed by atoms with van der Waals surface area (Å²) < 4.78 is 2.08. The van der Waals surface area contributed by atoms with Crippen LogP contribution in [-0.2, 0) is 11.3 Å². The van der Waals surface area contributed by atoms with E-state index in [1.54, 1.807) is 24.4 Å². The van der Waals surface area contributed by atoms with E-state index in [1.165, 1.54) is 10.6 Å². The largest absolute Gasteiger partial charge is 0.399 e. The predicted molar refractivity (Wildman–Crippen MR) is 82.6 cm³/mol. The number of rotatable bonds is 3. The molecule has 6 heteroatoms. The summed E-state index contributed by atoms with van der Waals surface area (Å²) >= 11 is 3.27. The molecule has 3 N–H and O–H groups in total. The summed E-state index contributed by atoms with van der Waals surface area (Å²) in [6, 6.07) is 8.33. The van der Waals surface area contributed by atoms with E-state index in [0.717, 1.165) is 10.0 Å². The van der Waals surface area contributed by atoms with Crippen molar-refractivity contribution < 1.29 is 4.79 Å². The van der Waals surface area contributed by atoms with Gasteiger partial charge in [0, 0.05) is 28.1 Å². The number of amides is 1. The zero-order valence-electron chi connectivity index (χ0n) is 10.9. The Bertz CT molecular complexity index is 710. The SMILES string of the molecule is Cc1ccc(N)cc1NC(=O)Cn1cc(Br)ccc1=O. The van der Waals surface area contributed by atoms with Crippen LogP contribution in [0.2, 0.25) is 0 Å². The van der Waals surface area contributed by atoms with Crippen LogP contribution in [0.3, 0.4) is 0 Å². The van der Waals surface area contributed by atoms with Crippen LogP contribution in [0.1, 0.15) is 5.56 Å². The molecule has 0 unspecified atom stereocenters. The van der Waals surface area contributed by atoms with Crippen LogP contribution in [0, 0.1) is 6.92 Å². The van der Waals surface area contributed by atoms with E-state index in [-0.39, 0.29) is 18.0 Å². The van der Waals surface area contributed by atoms with Crippen LogP contribution in [0.5, 0.6) is 0 Å². The van der Waals surface area contributed by atoms with Gasteiger partial charge in [-0.3, -0.25) is 9.59 Å². The zero-order valence-corrected chi connectivity index (χ0v) is 12.5. The Balaban J connectivity index is 2.15. The number of nitrogen functional groups attached to an aromatic ring is 1. The van der Waals surface area contributed by atoms with Gasteiger partial charge in [0.15, 0.2) is 0 Å². The third-order valence-corrected chi connectivity index (χ3v) is 3.27. The number of carbonyl (C=O) groups excluding carboxylic acids is 1. The van der Waals surface area contributed by atoms with Gasteiger partial charge in [0.25, 0.3) is 5.56 Å². The van der Waals surface area contributed by atoms with Crippen molar-refractivity contribution in [1.29, 1.82) is 0 Å². The van der Waals surface area contributed by atoms with Crippen LogP contribution in [0.4, 0.5) is 11.4 Å². The highest BCUT2D eigenvalue weighted by atomic mass is 79.9. The van der Waals surface area contributed by atoms with Crippen LogP contribution >= 0.6 is 15.9 Å². The van der Waals surface area contributed by atoms with Gasteiger partial charge in [0.2, 0.25) is 5.91 Å². The first-order valence-corrected chi connectivity index (χ1v) is 6.77. The van der Waals surface area contributed by atoms with Gasteiger partial charge in [-0.25, -0.2) is 0 Å². The molecule has 0 spiro atoms. The predicted octanol–water partition coefficient (Wildman–Crippen LogP) is 2.14. The molecule has 2 rings (SSSR count). The molecular weight excluding hydrogens is 322 g/mol. The highest BCUT2D eigenvalue weighted by Crippen LogP contribution is 2.18. The minimum Gasteiger partial charge on any atom is -0.399 e. The Morgan fingerprint density at radius 2 is 2.10 bits per heavy atom. The maximum absolute atomic E-state index is 12.0. The van der Waals surface area contributed by atoms with Crippen LogP contribution in [-0.4, -0.2) is 10.5 Å². The molecule has 1 aromatic carbocycles. The number of pyridine rings is 1. The molecule has 0 atom stereocenters. The van der Waals surface area contributed by atoms with Crippen molar-refractivity contribution in [3.05, 3.63) is 56.9 Å². The number of benzene rings is 1. The molecule has 5 nitrogen and oxygen atoms in total. The molecule has 1 aromatic heterocycles. The van der Waals surface area contributed by atoms with Gasteiger partial charge in [0.05, 0.1) is 0 Å². The molecule has 0 saturated carbocycles. The molecule has 20 heavy (non-hydrogen) atoms. The molecule has 0 aliphatic carbocycles. The summed E-state index contributed by atoms with van der Waals surface area (Å²) in [4.78, 5) is 23.6. The normalized spacial score (nSPS) is 10.3. The average molecular weight is 336 g/mol. The van der Waals surface area contributed by atoms with Crippen molar-refractivity contribution >= 4 is 33.2 Å². The molecule has 0 radical (unpaired) electrons. The fourth-order valence-electron chi connectivity index (χ4n) is 1.74. The Labute approximate surface area is 124 Å². The third kappa shape index (κ3) is 3.48. The topological polar surface area (TPSA) is 77.1 Å². The smallest absolute Gasteiger partial charge is 0.251 e. The highest BCUT2D eigenvalue weighted by molar-refractivity contribution is 9.10. The fourth-order valence-corrected chi connectivity index (χ4v) is 2.12. The Kier molecular flexibility index (Phi) is 4.24. The molecule has 1 amide bonds. The second kappa shape index (κ2) is 5.92. The lowest BCUT2D eigenvalue weighted by Crippen LogP contribution is -2.26. The second-order valence-electron chi connectivity index (χ2n) is 4.44. The number of halogens is 1. The first-order valence-electron chi connectivity index (χ1n) is 5.97. The molecule has 0 bridgehead atoms. The second-order valence-corrected chi connectivity index (χ2v) is 5.35. The third-order valence-electron chi connectivity index (χ3n) is 2.80. The number of carbonyl (C=O) groups is 1. The van der Waals surface area contributed by atoms with E-state index in [1.807, 2.05) is 13.0 Å². The lowest BCUT2D eigenvalue weighted by atomic mass is 10.2. The van der Waals surface area contributed by atoms with E-state index in [9.17, 15) is 9.59 Å². The maximum Gasteiger partial charge on any atom is 0.251 e. The summed E-state index contributed by atoms with van der Waals surface area (Å²) in [5, 5.41) is 2.75. The maximum atomic E-state index is 12.0. The monoisotopic (exact) mass is 335 g/mol. The van der Waals surface area contributed by atoms with E-state index >= 15 is 0 Å². The molecule has 0 aliphatic heterocycles. The number of nitrogens with one attached hydrogen (secondary N) is 1. The Morgan fingerprint density at radius 1 is 1.35 bits per heavy atom. The van der Waals surface area contributed by atoms with Crippen molar-refractivity contribution in [3.63, 3.8) is 0 Å². The number of hydrogen-bond donors (Lipinski definition) is 2.